The van der Waals surface area contributed by atoms with Crippen molar-refractivity contribution in [2.24, 2.45) is 10.9 Å². The molecule has 104 valence electrons. The Balaban J connectivity index is 2.33. The summed E-state index contributed by atoms with van der Waals surface area (Å²) in [5.74, 6) is 0.0886. The number of morpholine rings is 1. The lowest BCUT2D eigenvalue weighted by molar-refractivity contribution is 0.00356. The number of rotatable bonds is 3. The van der Waals surface area contributed by atoms with Gasteiger partial charge in [0.15, 0.2) is 5.84 Å². The van der Waals surface area contributed by atoms with Gasteiger partial charge >= 0.3 is 0 Å². The van der Waals surface area contributed by atoms with Gasteiger partial charge in [0.25, 0.3) is 0 Å². The van der Waals surface area contributed by atoms with Crippen LogP contribution in [0.15, 0.2) is 23.4 Å². The molecule has 1 heterocycles. The fourth-order valence-electron chi connectivity index (χ4n) is 2.23. The molecule has 1 aliphatic heterocycles. The highest BCUT2D eigenvalue weighted by Gasteiger charge is 2.22. The van der Waals surface area contributed by atoms with Gasteiger partial charge < -0.3 is 25.7 Å². The quantitative estimate of drug-likeness (QED) is 0.316. The van der Waals surface area contributed by atoms with E-state index >= 15 is 0 Å². The third-order valence-corrected chi connectivity index (χ3v) is 3.22. The highest BCUT2D eigenvalue weighted by atomic mass is 16.5. The average Bonchev–Trinajstić information content (AvgIpc) is 2.46. The molecule has 19 heavy (non-hydrogen) atoms. The standard InChI is InChI=1S/C13H19N3O3/c1-9-2-3-12(11(6-9)13(14)15-18)16-4-5-19-10(7-16)8-17/h2-3,6,10,17-18H,4-5,7-8H2,1H3,(H2,14,15). The first-order valence-electron chi connectivity index (χ1n) is 6.21. The molecule has 1 aromatic carbocycles. The number of ether oxygens (including phenoxy) is 1. The minimum Gasteiger partial charge on any atom is -0.409 e. The van der Waals surface area contributed by atoms with Crippen molar-refractivity contribution in [1.29, 1.82) is 0 Å². The molecule has 1 saturated heterocycles. The Morgan fingerprint density at radius 1 is 1.58 bits per heavy atom. The molecule has 6 nitrogen and oxygen atoms in total. The van der Waals surface area contributed by atoms with Gasteiger partial charge in [0.2, 0.25) is 0 Å². The van der Waals surface area contributed by atoms with Gasteiger partial charge in [0, 0.05) is 24.3 Å². The number of amidine groups is 1. The summed E-state index contributed by atoms with van der Waals surface area (Å²) in [6.07, 6.45) is -0.199. The van der Waals surface area contributed by atoms with Crippen LogP contribution in [-0.4, -0.2) is 48.6 Å². The van der Waals surface area contributed by atoms with E-state index in [1.807, 2.05) is 25.1 Å². The molecule has 1 aliphatic rings. The minimum absolute atomic E-state index is 0.0126. The molecule has 4 N–H and O–H groups in total. The van der Waals surface area contributed by atoms with Crippen LogP contribution in [0.25, 0.3) is 0 Å². The van der Waals surface area contributed by atoms with E-state index in [0.29, 0.717) is 25.3 Å². The van der Waals surface area contributed by atoms with Crippen molar-refractivity contribution < 1.29 is 15.1 Å². The van der Waals surface area contributed by atoms with Crippen molar-refractivity contribution in [1.82, 2.24) is 0 Å². The van der Waals surface area contributed by atoms with Crippen molar-refractivity contribution in [3.8, 4) is 0 Å². The Morgan fingerprint density at radius 3 is 3.05 bits per heavy atom. The Kier molecular flexibility index (Phi) is 4.24. The zero-order chi connectivity index (χ0) is 13.8. The number of hydrogen-bond donors (Lipinski definition) is 3. The lowest BCUT2D eigenvalue weighted by Crippen LogP contribution is -2.44. The Bertz CT molecular complexity index is 476. The summed E-state index contributed by atoms with van der Waals surface area (Å²) in [6.45, 7) is 3.79. The second-order valence-corrected chi connectivity index (χ2v) is 4.63. The van der Waals surface area contributed by atoms with Crippen LogP contribution in [0.5, 0.6) is 0 Å². The van der Waals surface area contributed by atoms with Crippen LogP contribution >= 0.6 is 0 Å². The summed E-state index contributed by atoms with van der Waals surface area (Å²) in [4.78, 5) is 2.08. The number of oxime groups is 1. The first kappa shape index (κ1) is 13.6. The molecule has 1 unspecified atom stereocenters. The first-order chi connectivity index (χ1) is 9.15. The largest absolute Gasteiger partial charge is 0.409 e. The molecule has 0 aliphatic carbocycles. The Hall–Kier alpha value is -1.79. The predicted octanol–water partition coefficient (Wildman–Crippen LogP) is 0.287. The van der Waals surface area contributed by atoms with Crippen molar-refractivity contribution >= 4 is 11.5 Å². The van der Waals surface area contributed by atoms with E-state index in [2.05, 4.69) is 10.1 Å². The number of benzene rings is 1. The number of nitrogens with zero attached hydrogens (tertiary/aromatic N) is 2. The summed E-state index contributed by atoms with van der Waals surface area (Å²) in [6, 6.07) is 5.81. The van der Waals surface area contributed by atoms with E-state index in [0.717, 1.165) is 11.3 Å². The Labute approximate surface area is 112 Å². The fourth-order valence-corrected chi connectivity index (χ4v) is 2.23. The Morgan fingerprint density at radius 2 is 2.37 bits per heavy atom. The van der Waals surface area contributed by atoms with Crippen molar-refractivity contribution in [3.05, 3.63) is 29.3 Å². The van der Waals surface area contributed by atoms with Crippen LogP contribution in [0.2, 0.25) is 0 Å². The molecule has 0 amide bonds. The molecule has 0 spiro atoms. The van der Waals surface area contributed by atoms with E-state index in [4.69, 9.17) is 15.7 Å². The SMILES string of the molecule is Cc1ccc(N2CCOC(CO)C2)c(/C(N)=N/O)c1. The monoisotopic (exact) mass is 265 g/mol. The van der Waals surface area contributed by atoms with Gasteiger partial charge in [-0.2, -0.15) is 0 Å². The van der Waals surface area contributed by atoms with Crippen LogP contribution in [0.3, 0.4) is 0 Å². The number of aliphatic hydroxyl groups is 1. The van der Waals surface area contributed by atoms with Crippen LogP contribution in [0.1, 0.15) is 11.1 Å². The summed E-state index contributed by atoms with van der Waals surface area (Å²) in [5, 5.41) is 21.1. The van der Waals surface area contributed by atoms with Crippen LogP contribution in [0, 0.1) is 6.92 Å². The van der Waals surface area contributed by atoms with Gasteiger partial charge in [-0.15, -0.1) is 0 Å². The zero-order valence-corrected chi connectivity index (χ0v) is 10.9. The van der Waals surface area contributed by atoms with Gasteiger partial charge in [-0.3, -0.25) is 0 Å². The highest BCUT2D eigenvalue weighted by molar-refractivity contribution is 6.02. The second kappa shape index (κ2) is 5.90. The third kappa shape index (κ3) is 2.97. The molecule has 1 atom stereocenters. The average molecular weight is 265 g/mol. The molecule has 2 rings (SSSR count). The molecule has 0 aromatic heterocycles. The van der Waals surface area contributed by atoms with E-state index in [-0.39, 0.29) is 18.5 Å². The highest BCUT2D eigenvalue weighted by Crippen LogP contribution is 2.24. The van der Waals surface area contributed by atoms with Gasteiger partial charge in [0.05, 0.1) is 19.3 Å². The topological polar surface area (TPSA) is 91.3 Å². The minimum atomic E-state index is -0.199. The molecular weight excluding hydrogens is 246 g/mol. The molecule has 0 radical (unpaired) electrons. The summed E-state index contributed by atoms with van der Waals surface area (Å²) in [7, 11) is 0. The van der Waals surface area contributed by atoms with Crippen molar-refractivity contribution in [2.45, 2.75) is 13.0 Å². The molecule has 0 saturated carbocycles. The number of anilines is 1. The summed E-state index contributed by atoms with van der Waals surface area (Å²) in [5.41, 5.74) is 8.36. The molecule has 1 aromatic rings. The van der Waals surface area contributed by atoms with E-state index in [1.165, 1.54) is 0 Å². The predicted molar refractivity (Wildman–Crippen MR) is 72.7 cm³/mol. The lowest BCUT2D eigenvalue weighted by Gasteiger charge is -2.34. The van der Waals surface area contributed by atoms with Crippen molar-refractivity contribution in [2.75, 3.05) is 31.2 Å². The molecule has 1 fully saturated rings. The van der Waals surface area contributed by atoms with Gasteiger partial charge in [0.1, 0.15) is 0 Å². The smallest absolute Gasteiger partial charge is 0.172 e. The molecular formula is C13H19N3O3. The maximum absolute atomic E-state index is 9.18. The fraction of sp³-hybridized carbons (Fsp3) is 0.462. The summed E-state index contributed by atoms with van der Waals surface area (Å²) < 4.78 is 5.43. The maximum Gasteiger partial charge on any atom is 0.172 e. The zero-order valence-electron chi connectivity index (χ0n) is 10.9. The number of hydrogen-bond acceptors (Lipinski definition) is 5. The third-order valence-electron chi connectivity index (χ3n) is 3.22. The van der Waals surface area contributed by atoms with Crippen LogP contribution < -0.4 is 10.6 Å². The van der Waals surface area contributed by atoms with Gasteiger partial charge in [-0.25, -0.2) is 0 Å². The molecule has 0 bridgehead atoms. The van der Waals surface area contributed by atoms with Crippen LogP contribution in [-0.2, 0) is 4.74 Å². The van der Waals surface area contributed by atoms with Gasteiger partial charge in [-0.05, 0) is 19.1 Å². The van der Waals surface area contributed by atoms with E-state index < -0.39 is 0 Å². The first-order valence-corrected chi connectivity index (χ1v) is 6.21. The maximum atomic E-state index is 9.18. The van der Waals surface area contributed by atoms with Crippen molar-refractivity contribution in [3.63, 3.8) is 0 Å². The number of aliphatic hydroxyl groups excluding tert-OH is 1. The summed E-state index contributed by atoms with van der Waals surface area (Å²) >= 11 is 0. The van der Waals surface area contributed by atoms with Gasteiger partial charge in [-0.1, -0.05) is 16.8 Å². The normalized spacial score (nSPS) is 20.6. The second-order valence-electron chi connectivity index (χ2n) is 4.63. The van der Waals surface area contributed by atoms with E-state index in [1.54, 1.807) is 0 Å². The molecule has 6 heteroatoms. The number of nitrogens with two attached hydrogens (primary N) is 1. The van der Waals surface area contributed by atoms with E-state index in [9.17, 15) is 5.11 Å². The van der Waals surface area contributed by atoms with Crippen LogP contribution in [0.4, 0.5) is 5.69 Å². The lowest BCUT2D eigenvalue weighted by atomic mass is 10.1. The number of aryl methyl sites for hydroxylation is 1.